The Hall–Kier alpha value is -1.95. The van der Waals surface area contributed by atoms with Gasteiger partial charge in [0.05, 0.1) is 17.3 Å². The van der Waals surface area contributed by atoms with Gasteiger partial charge in [0, 0.05) is 17.6 Å². The molecule has 21 heavy (non-hydrogen) atoms. The Morgan fingerprint density at radius 1 is 1.48 bits per heavy atom. The predicted molar refractivity (Wildman–Crippen MR) is 83.3 cm³/mol. The zero-order valence-corrected chi connectivity index (χ0v) is 13.1. The lowest BCUT2D eigenvalue weighted by Crippen LogP contribution is -2.27. The zero-order valence-electron chi connectivity index (χ0n) is 12.2. The van der Waals surface area contributed by atoms with Crippen LogP contribution in [0.1, 0.15) is 40.1 Å². The van der Waals surface area contributed by atoms with Gasteiger partial charge in [0.15, 0.2) is 0 Å². The first-order chi connectivity index (χ1) is 10.0. The molecule has 0 aliphatic heterocycles. The molecule has 1 aromatic heterocycles. The summed E-state index contributed by atoms with van der Waals surface area (Å²) in [7, 11) is 0. The van der Waals surface area contributed by atoms with Gasteiger partial charge in [-0.15, -0.1) is 11.3 Å². The molecule has 2 rings (SSSR count). The molecule has 0 saturated heterocycles. The highest BCUT2D eigenvalue weighted by Gasteiger charge is 2.18. The van der Waals surface area contributed by atoms with Crippen LogP contribution in [-0.2, 0) is 0 Å². The summed E-state index contributed by atoms with van der Waals surface area (Å²) in [6.07, 6.45) is 1.77. The van der Waals surface area contributed by atoms with E-state index in [2.05, 4.69) is 15.6 Å². The molecular weight excluding hydrogens is 289 g/mol. The molecule has 1 heterocycles. The summed E-state index contributed by atoms with van der Waals surface area (Å²) < 4.78 is 13.8. The zero-order chi connectivity index (χ0) is 15.4. The minimum atomic E-state index is -0.428. The van der Waals surface area contributed by atoms with Gasteiger partial charge in [0.2, 0.25) is 0 Å². The van der Waals surface area contributed by atoms with Crippen LogP contribution in [0.2, 0.25) is 0 Å². The standard InChI is InChI=1S/C15H18FN3OS/c1-4-17-13-11(6-5-7-12(13)16)14(20)19-10(3)15-18-8-9(2)21-15/h5-8,10,17H,4H2,1-3H3,(H,19,20). The van der Waals surface area contributed by atoms with Gasteiger partial charge in [0.25, 0.3) is 5.91 Å². The van der Waals surface area contributed by atoms with Crippen LogP contribution in [0.15, 0.2) is 24.4 Å². The molecule has 1 aromatic carbocycles. The molecule has 0 aliphatic rings. The average molecular weight is 307 g/mol. The van der Waals surface area contributed by atoms with Crippen molar-refractivity contribution in [2.24, 2.45) is 0 Å². The molecule has 0 aliphatic carbocycles. The minimum Gasteiger partial charge on any atom is -0.382 e. The van der Waals surface area contributed by atoms with Crippen molar-refractivity contribution in [1.82, 2.24) is 10.3 Å². The lowest BCUT2D eigenvalue weighted by molar-refractivity contribution is 0.0940. The summed E-state index contributed by atoms with van der Waals surface area (Å²) in [4.78, 5) is 17.7. The third-order valence-corrected chi connectivity index (χ3v) is 4.06. The van der Waals surface area contributed by atoms with Crippen LogP contribution in [0.25, 0.3) is 0 Å². The first-order valence-corrected chi connectivity index (χ1v) is 7.60. The fourth-order valence-electron chi connectivity index (χ4n) is 1.98. The van der Waals surface area contributed by atoms with Gasteiger partial charge >= 0.3 is 0 Å². The first-order valence-electron chi connectivity index (χ1n) is 6.78. The number of hydrogen-bond donors (Lipinski definition) is 2. The van der Waals surface area contributed by atoms with Crippen molar-refractivity contribution in [2.45, 2.75) is 26.8 Å². The number of aryl methyl sites for hydroxylation is 1. The van der Waals surface area contributed by atoms with Gasteiger partial charge in [0.1, 0.15) is 10.8 Å². The smallest absolute Gasteiger partial charge is 0.254 e. The van der Waals surface area contributed by atoms with E-state index < -0.39 is 5.82 Å². The molecule has 1 amide bonds. The number of para-hydroxylation sites is 1. The summed E-state index contributed by atoms with van der Waals surface area (Å²) in [5.74, 6) is -0.743. The molecule has 1 atom stereocenters. The minimum absolute atomic E-state index is 0.214. The van der Waals surface area contributed by atoms with Crippen molar-refractivity contribution in [2.75, 3.05) is 11.9 Å². The van der Waals surface area contributed by atoms with Crippen molar-refractivity contribution in [3.05, 3.63) is 45.7 Å². The van der Waals surface area contributed by atoms with Crippen LogP contribution in [0.4, 0.5) is 10.1 Å². The summed E-state index contributed by atoms with van der Waals surface area (Å²) in [5.41, 5.74) is 0.539. The molecule has 0 radical (unpaired) electrons. The maximum atomic E-state index is 13.8. The lowest BCUT2D eigenvalue weighted by Gasteiger charge is -2.15. The lowest BCUT2D eigenvalue weighted by atomic mass is 10.1. The number of thiazole rings is 1. The van der Waals surface area contributed by atoms with Crippen LogP contribution in [0.3, 0.4) is 0 Å². The average Bonchev–Trinajstić information content (AvgIpc) is 2.88. The normalized spacial score (nSPS) is 12.0. The molecule has 112 valence electrons. The van der Waals surface area contributed by atoms with Gasteiger partial charge < -0.3 is 10.6 Å². The fraction of sp³-hybridized carbons (Fsp3) is 0.333. The van der Waals surface area contributed by atoms with Crippen molar-refractivity contribution in [3.63, 3.8) is 0 Å². The van der Waals surface area contributed by atoms with Gasteiger partial charge in [-0.25, -0.2) is 9.37 Å². The van der Waals surface area contributed by atoms with Crippen molar-refractivity contribution in [3.8, 4) is 0 Å². The fourth-order valence-corrected chi connectivity index (χ4v) is 2.75. The van der Waals surface area contributed by atoms with E-state index in [1.807, 2.05) is 20.8 Å². The third kappa shape index (κ3) is 3.58. The molecule has 0 spiro atoms. The van der Waals surface area contributed by atoms with E-state index in [4.69, 9.17) is 0 Å². The number of carbonyl (C=O) groups excluding carboxylic acids is 1. The second kappa shape index (κ2) is 6.67. The van der Waals surface area contributed by atoms with Crippen molar-refractivity contribution < 1.29 is 9.18 Å². The molecule has 0 saturated carbocycles. The van der Waals surface area contributed by atoms with E-state index in [9.17, 15) is 9.18 Å². The Labute approximate surface area is 127 Å². The van der Waals surface area contributed by atoms with Gasteiger partial charge in [-0.2, -0.15) is 0 Å². The van der Waals surface area contributed by atoms with Gasteiger partial charge in [-0.3, -0.25) is 4.79 Å². The molecule has 0 bridgehead atoms. The number of amides is 1. The predicted octanol–water partition coefficient (Wildman–Crippen LogP) is 3.51. The second-order valence-electron chi connectivity index (χ2n) is 4.70. The van der Waals surface area contributed by atoms with E-state index in [-0.39, 0.29) is 17.6 Å². The van der Waals surface area contributed by atoms with Gasteiger partial charge in [-0.05, 0) is 32.9 Å². The Morgan fingerprint density at radius 2 is 2.24 bits per heavy atom. The maximum Gasteiger partial charge on any atom is 0.254 e. The Morgan fingerprint density at radius 3 is 2.86 bits per heavy atom. The van der Waals surface area contributed by atoms with E-state index in [0.29, 0.717) is 12.1 Å². The molecule has 2 N–H and O–H groups in total. The number of nitrogens with zero attached hydrogens (tertiary/aromatic N) is 1. The van der Waals surface area contributed by atoms with Gasteiger partial charge in [-0.1, -0.05) is 6.07 Å². The quantitative estimate of drug-likeness (QED) is 0.888. The Bertz CT molecular complexity index is 642. The number of halogens is 1. The molecule has 1 unspecified atom stereocenters. The summed E-state index contributed by atoms with van der Waals surface area (Å²) in [5, 5.41) is 6.58. The molecule has 6 heteroatoms. The number of aromatic nitrogens is 1. The van der Waals surface area contributed by atoms with Crippen molar-refractivity contribution in [1.29, 1.82) is 0 Å². The first kappa shape index (κ1) is 15.4. The third-order valence-electron chi connectivity index (χ3n) is 2.97. The molecular formula is C15H18FN3OS. The van der Waals surface area contributed by atoms with Crippen LogP contribution in [-0.4, -0.2) is 17.4 Å². The van der Waals surface area contributed by atoms with E-state index in [1.54, 1.807) is 12.3 Å². The Kier molecular flexibility index (Phi) is 4.90. The van der Waals surface area contributed by atoms with E-state index >= 15 is 0 Å². The highest BCUT2D eigenvalue weighted by Crippen LogP contribution is 2.22. The molecule has 2 aromatic rings. The SMILES string of the molecule is CCNc1c(F)cccc1C(=O)NC(C)c1ncc(C)s1. The number of carbonyl (C=O) groups is 1. The number of nitrogens with one attached hydrogen (secondary N) is 2. The van der Waals surface area contributed by atoms with E-state index in [0.717, 1.165) is 9.88 Å². The number of benzene rings is 1. The van der Waals surface area contributed by atoms with Crippen LogP contribution < -0.4 is 10.6 Å². The highest BCUT2D eigenvalue weighted by molar-refractivity contribution is 7.11. The monoisotopic (exact) mass is 307 g/mol. The number of hydrogen-bond acceptors (Lipinski definition) is 4. The highest BCUT2D eigenvalue weighted by atomic mass is 32.1. The Balaban J connectivity index is 2.18. The summed E-state index contributed by atoms with van der Waals surface area (Å²) in [6.45, 7) is 6.23. The number of anilines is 1. The maximum absolute atomic E-state index is 13.8. The largest absolute Gasteiger partial charge is 0.382 e. The summed E-state index contributed by atoms with van der Waals surface area (Å²) >= 11 is 1.54. The molecule has 4 nitrogen and oxygen atoms in total. The van der Waals surface area contributed by atoms with Crippen LogP contribution in [0.5, 0.6) is 0 Å². The summed E-state index contributed by atoms with van der Waals surface area (Å²) in [6, 6.07) is 4.26. The molecule has 0 fully saturated rings. The van der Waals surface area contributed by atoms with Crippen LogP contribution >= 0.6 is 11.3 Å². The van der Waals surface area contributed by atoms with Crippen molar-refractivity contribution >= 4 is 22.9 Å². The topological polar surface area (TPSA) is 54.0 Å². The van der Waals surface area contributed by atoms with Crippen LogP contribution in [0, 0.1) is 12.7 Å². The number of rotatable bonds is 5. The van der Waals surface area contributed by atoms with E-state index in [1.165, 1.54) is 23.5 Å². The second-order valence-corrected chi connectivity index (χ2v) is 5.96.